The first-order chi connectivity index (χ1) is 4.77. The summed E-state index contributed by atoms with van der Waals surface area (Å²) in [6.07, 6.45) is 5.38. The molecule has 0 amide bonds. The van der Waals surface area contributed by atoms with Gasteiger partial charge in [0.25, 0.3) is 0 Å². The summed E-state index contributed by atoms with van der Waals surface area (Å²) in [4.78, 5) is 11.2. The predicted molar refractivity (Wildman–Crippen MR) is 39.6 cm³/mol. The van der Waals surface area contributed by atoms with Crippen LogP contribution in [0, 0.1) is 11.8 Å². The van der Waals surface area contributed by atoms with E-state index in [9.17, 15) is 4.79 Å². The van der Waals surface area contributed by atoms with Gasteiger partial charge in [0.15, 0.2) is 5.78 Å². The summed E-state index contributed by atoms with van der Waals surface area (Å²) in [5.41, 5.74) is 1.32. The van der Waals surface area contributed by atoms with Gasteiger partial charge in [0.1, 0.15) is 0 Å². The van der Waals surface area contributed by atoms with Crippen LogP contribution < -0.4 is 0 Å². The molecule has 0 aromatic heterocycles. The molecule has 0 saturated heterocycles. The van der Waals surface area contributed by atoms with E-state index in [4.69, 9.17) is 0 Å². The van der Waals surface area contributed by atoms with Crippen molar-refractivity contribution in [3.63, 3.8) is 0 Å². The fraction of sp³-hybridized carbons (Fsp3) is 0.667. The summed E-state index contributed by atoms with van der Waals surface area (Å²) in [5, 5.41) is 0. The molecule has 1 saturated carbocycles. The van der Waals surface area contributed by atoms with Crippen LogP contribution in [0.3, 0.4) is 0 Å². The summed E-state index contributed by atoms with van der Waals surface area (Å²) in [5.74, 6) is 1.53. The third-order valence-electron chi connectivity index (χ3n) is 2.85. The summed E-state index contributed by atoms with van der Waals surface area (Å²) < 4.78 is 0. The van der Waals surface area contributed by atoms with Crippen molar-refractivity contribution in [1.29, 1.82) is 0 Å². The standard InChI is InChI=1S/C9H12O/c1-6-4-9(10)8-3-2-7(6)5-8/h4,7-8H,2-3,5H2,1H3. The molecule has 2 unspecified atom stereocenters. The third kappa shape index (κ3) is 0.731. The van der Waals surface area contributed by atoms with E-state index in [0.717, 1.165) is 18.8 Å². The van der Waals surface area contributed by atoms with Crippen LogP contribution in [-0.4, -0.2) is 5.78 Å². The molecule has 2 aliphatic rings. The second-order valence-electron chi connectivity index (χ2n) is 3.50. The Labute approximate surface area is 61.1 Å². The van der Waals surface area contributed by atoms with Crippen LogP contribution in [0.15, 0.2) is 11.6 Å². The highest BCUT2D eigenvalue weighted by atomic mass is 16.1. The molecule has 2 aliphatic carbocycles. The van der Waals surface area contributed by atoms with E-state index in [1.165, 1.54) is 12.0 Å². The van der Waals surface area contributed by atoms with Gasteiger partial charge in [0.05, 0.1) is 0 Å². The smallest absolute Gasteiger partial charge is 0.158 e. The largest absolute Gasteiger partial charge is 0.295 e. The summed E-state index contributed by atoms with van der Waals surface area (Å²) in [7, 11) is 0. The quantitative estimate of drug-likeness (QED) is 0.497. The minimum absolute atomic E-state index is 0.381. The number of fused-ring (bicyclic) bond motifs is 2. The van der Waals surface area contributed by atoms with Gasteiger partial charge in [-0.3, -0.25) is 4.79 Å². The Morgan fingerprint density at radius 2 is 2.10 bits per heavy atom. The topological polar surface area (TPSA) is 17.1 Å². The van der Waals surface area contributed by atoms with Crippen molar-refractivity contribution < 1.29 is 4.79 Å². The molecule has 1 heteroatoms. The number of hydrogen-bond donors (Lipinski definition) is 0. The van der Waals surface area contributed by atoms with Crippen molar-refractivity contribution in [3.05, 3.63) is 11.6 Å². The highest BCUT2D eigenvalue weighted by molar-refractivity contribution is 5.93. The zero-order valence-electron chi connectivity index (χ0n) is 6.26. The monoisotopic (exact) mass is 136 g/mol. The normalized spacial score (nSPS) is 38.1. The molecule has 1 fully saturated rings. The van der Waals surface area contributed by atoms with Gasteiger partial charge in [-0.15, -0.1) is 0 Å². The fourth-order valence-corrected chi connectivity index (χ4v) is 2.11. The number of hydrogen-bond acceptors (Lipinski definition) is 1. The van der Waals surface area contributed by atoms with Crippen LogP contribution in [0.5, 0.6) is 0 Å². The van der Waals surface area contributed by atoms with Gasteiger partial charge in [-0.2, -0.15) is 0 Å². The number of carbonyl (C=O) groups excluding carboxylic acids is 1. The average Bonchev–Trinajstić information content (AvgIpc) is 2.28. The van der Waals surface area contributed by atoms with Crippen LogP contribution in [-0.2, 0) is 4.79 Å². The Morgan fingerprint density at radius 3 is 2.90 bits per heavy atom. The Balaban J connectivity index is 2.33. The van der Waals surface area contributed by atoms with Crippen molar-refractivity contribution in [2.24, 2.45) is 11.8 Å². The zero-order chi connectivity index (χ0) is 7.14. The molecule has 2 atom stereocenters. The molecule has 0 aromatic carbocycles. The van der Waals surface area contributed by atoms with E-state index >= 15 is 0 Å². The highest BCUT2D eigenvalue weighted by Crippen LogP contribution is 2.39. The van der Waals surface area contributed by atoms with E-state index in [1.807, 2.05) is 6.08 Å². The van der Waals surface area contributed by atoms with Crippen molar-refractivity contribution >= 4 is 5.78 Å². The number of carbonyl (C=O) groups is 1. The summed E-state index contributed by atoms with van der Waals surface area (Å²) in [6.45, 7) is 2.09. The van der Waals surface area contributed by atoms with Gasteiger partial charge < -0.3 is 0 Å². The lowest BCUT2D eigenvalue weighted by Crippen LogP contribution is -2.14. The maximum Gasteiger partial charge on any atom is 0.158 e. The average molecular weight is 136 g/mol. The SMILES string of the molecule is CC1=CC(=O)C2CCC1C2. The molecule has 10 heavy (non-hydrogen) atoms. The molecule has 0 aliphatic heterocycles. The first-order valence-electron chi connectivity index (χ1n) is 3.99. The van der Waals surface area contributed by atoms with E-state index in [1.54, 1.807) is 0 Å². The van der Waals surface area contributed by atoms with E-state index in [2.05, 4.69) is 6.92 Å². The minimum atomic E-state index is 0.381. The van der Waals surface area contributed by atoms with Gasteiger partial charge >= 0.3 is 0 Å². The maximum atomic E-state index is 11.2. The second-order valence-corrected chi connectivity index (χ2v) is 3.50. The van der Waals surface area contributed by atoms with Gasteiger partial charge in [-0.1, -0.05) is 5.57 Å². The second kappa shape index (κ2) is 1.94. The van der Waals surface area contributed by atoms with Crippen molar-refractivity contribution in [3.8, 4) is 0 Å². The third-order valence-corrected chi connectivity index (χ3v) is 2.85. The van der Waals surface area contributed by atoms with Crippen LogP contribution in [0.2, 0.25) is 0 Å². The molecule has 0 N–H and O–H groups in total. The lowest BCUT2D eigenvalue weighted by Gasteiger charge is -2.15. The molecular formula is C9H12O. The maximum absolute atomic E-state index is 11.2. The molecular weight excluding hydrogens is 124 g/mol. The van der Waals surface area contributed by atoms with Crippen LogP contribution in [0.25, 0.3) is 0 Å². The van der Waals surface area contributed by atoms with E-state index < -0.39 is 0 Å². The van der Waals surface area contributed by atoms with Gasteiger partial charge in [0, 0.05) is 5.92 Å². The van der Waals surface area contributed by atoms with Gasteiger partial charge in [-0.25, -0.2) is 0 Å². The Kier molecular flexibility index (Phi) is 1.19. The molecule has 0 heterocycles. The molecule has 54 valence electrons. The molecule has 0 aromatic rings. The predicted octanol–water partition coefficient (Wildman–Crippen LogP) is 1.93. The number of rotatable bonds is 0. The van der Waals surface area contributed by atoms with E-state index in [0.29, 0.717) is 11.7 Å². The Morgan fingerprint density at radius 1 is 1.40 bits per heavy atom. The lowest BCUT2D eigenvalue weighted by atomic mass is 9.89. The summed E-state index contributed by atoms with van der Waals surface area (Å²) >= 11 is 0. The molecule has 2 bridgehead atoms. The highest BCUT2D eigenvalue weighted by Gasteiger charge is 2.33. The van der Waals surface area contributed by atoms with E-state index in [-0.39, 0.29) is 0 Å². The zero-order valence-corrected chi connectivity index (χ0v) is 6.26. The van der Waals surface area contributed by atoms with Crippen molar-refractivity contribution in [2.45, 2.75) is 26.2 Å². The van der Waals surface area contributed by atoms with Gasteiger partial charge in [-0.05, 0) is 38.2 Å². The van der Waals surface area contributed by atoms with Crippen molar-refractivity contribution in [2.75, 3.05) is 0 Å². The number of allylic oxidation sites excluding steroid dienone is 2. The fourth-order valence-electron chi connectivity index (χ4n) is 2.11. The Bertz CT molecular complexity index is 203. The van der Waals surface area contributed by atoms with Crippen LogP contribution >= 0.6 is 0 Å². The lowest BCUT2D eigenvalue weighted by molar-refractivity contribution is -0.118. The minimum Gasteiger partial charge on any atom is -0.295 e. The number of ketones is 1. The van der Waals surface area contributed by atoms with Crippen LogP contribution in [0.4, 0.5) is 0 Å². The molecule has 0 spiro atoms. The Hall–Kier alpha value is -0.590. The first kappa shape index (κ1) is 6.14. The summed E-state index contributed by atoms with van der Waals surface area (Å²) in [6, 6.07) is 0. The first-order valence-corrected chi connectivity index (χ1v) is 3.99. The van der Waals surface area contributed by atoms with Crippen LogP contribution in [0.1, 0.15) is 26.2 Å². The van der Waals surface area contributed by atoms with Gasteiger partial charge in [0.2, 0.25) is 0 Å². The molecule has 0 radical (unpaired) electrons. The van der Waals surface area contributed by atoms with Crippen molar-refractivity contribution in [1.82, 2.24) is 0 Å². The molecule has 1 nitrogen and oxygen atoms in total. The molecule has 2 rings (SSSR count).